The largest absolute Gasteiger partial charge is 0.351 e. The molecule has 4 rings (SSSR count). The summed E-state index contributed by atoms with van der Waals surface area (Å²) >= 11 is 0. The van der Waals surface area contributed by atoms with Crippen LogP contribution in [-0.2, 0) is 9.53 Å². The third-order valence-corrected chi connectivity index (χ3v) is 5.52. The van der Waals surface area contributed by atoms with Crippen molar-refractivity contribution in [3.8, 4) is 0 Å². The maximum atomic E-state index is 12.9. The lowest BCUT2D eigenvalue weighted by Crippen LogP contribution is -2.44. The Hall–Kier alpha value is -1.35. The summed E-state index contributed by atoms with van der Waals surface area (Å²) in [6, 6.07) is 10.2. The summed E-state index contributed by atoms with van der Waals surface area (Å²) in [7, 11) is 0. The van der Waals surface area contributed by atoms with Crippen LogP contribution in [0, 0.1) is 11.8 Å². The molecular weight excluding hydrogens is 250 g/mol. The standard InChI is InChI=1S/C17H21NO2/c1-17-11-20-16(12-7-3-2-4-8-12)18(17)15(19)13-9-5-6-10-14(13)17/h2-4,7-8,13-14,16H,5-6,9-11H2,1H3/t13-,14?,16+,17+/m1/s1. The molecule has 0 N–H and O–H groups in total. The summed E-state index contributed by atoms with van der Waals surface area (Å²) in [6.07, 6.45) is 4.52. The Morgan fingerprint density at radius 3 is 2.75 bits per heavy atom. The first kappa shape index (κ1) is 12.4. The van der Waals surface area contributed by atoms with Crippen molar-refractivity contribution in [1.82, 2.24) is 4.90 Å². The van der Waals surface area contributed by atoms with E-state index in [1.54, 1.807) is 0 Å². The van der Waals surface area contributed by atoms with Gasteiger partial charge in [0.2, 0.25) is 5.91 Å². The summed E-state index contributed by atoms with van der Waals surface area (Å²) in [6.45, 7) is 2.91. The van der Waals surface area contributed by atoms with Crippen molar-refractivity contribution in [2.24, 2.45) is 11.8 Å². The number of fused-ring (bicyclic) bond motifs is 3. The third-order valence-electron chi connectivity index (χ3n) is 5.52. The van der Waals surface area contributed by atoms with Gasteiger partial charge in [-0.3, -0.25) is 4.79 Å². The van der Waals surface area contributed by atoms with E-state index < -0.39 is 0 Å². The van der Waals surface area contributed by atoms with Crippen molar-refractivity contribution in [2.75, 3.05) is 6.61 Å². The molecule has 3 nitrogen and oxygen atoms in total. The fourth-order valence-electron chi connectivity index (χ4n) is 4.53. The SMILES string of the molecule is C[C@@]12CO[C@@H](c3ccccc3)N1C(=O)[C@@H]1CCCCC12. The van der Waals surface area contributed by atoms with Gasteiger partial charge in [-0.05, 0) is 25.7 Å². The predicted molar refractivity (Wildman–Crippen MR) is 75.8 cm³/mol. The first-order chi connectivity index (χ1) is 9.72. The Balaban J connectivity index is 1.73. The fourth-order valence-corrected chi connectivity index (χ4v) is 4.53. The lowest BCUT2D eigenvalue weighted by molar-refractivity contribution is -0.138. The van der Waals surface area contributed by atoms with Crippen LogP contribution in [0.3, 0.4) is 0 Å². The zero-order chi connectivity index (χ0) is 13.7. The minimum Gasteiger partial charge on any atom is -0.351 e. The number of nitrogens with zero attached hydrogens (tertiary/aromatic N) is 1. The number of carbonyl (C=O) groups excluding carboxylic acids is 1. The van der Waals surface area contributed by atoms with Gasteiger partial charge in [-0.1, -0.05) is 43.2 Å². The second kappa shape index (κ2) is 4.32. The van der Waals surface area contributed by atoms with Crippen molar-refractivity contribution in [2.45, 2.75) is 44.4 Å². The first-order valence-electron chi connectivity index (χ1n) is 7.71. The molecule has 1 aromatic carbocycles. The average Bonchev–Trinajstić information content (AvgIpc) is 2.95. The molecular formula is C17H21NO2. The fraction of sp³-hybridized carbons (Fsp3) is 0.588. The topological polar surface area (TPSA) is 29.5 Å². The van der Waals surface area contributed by atoms with Crippen molar-refractivity contribution in [1.29, 1.82) is 0 Å². The van der Waals surface area contributed by atoms with Crippen molar-refractivity contribution in [3.05, 3.63) is 35.9 Å². The molecule has 106 valence electrons. The van der Waals surface area contributed by atoms with Gasteiger partial charge >= 0.3 is 0 Å². The highest BCUT2D eigenvalue weighted by atomic mass is 16.5. The van der Waals surface area contributed by atoms with Gasteiger partial charge in [-0.25, -0.2) is 0 Å². The minimum absolute atomic E-state index is 0.0946. The van der Waals surface area contributed by atoms with Crippen LogP contribution in [0.5, 0.6) is 0 Å². The molecule has 0 bridgehead atoms. The van der Waals surface area contributed by atoms with Gasteiger partial charge < -0.3 is 9.64 Å². The Morgan fingerprint density at radius 1 is 1.20 bits per heavy atom. The second-order valence-corrected chi connectivity index (χ2v) is 6.64. The number of ether oxygens (including phenoxy) is 1. The van der Waals surface area contributed by atoms with Gasteiger partial charge in [-0.15, -0.1) is 0 Å². The van der Waals surface area contributed by atoms with Crippen LogP contribution in [0.2, 0.25) is 0 Å². The van der Waals surface area contributed by atoms with Crippen LogP contribution in [0.25, 0.3) is 0 Å². The maximum Gasteiger partial charge on any atom is 0.228 e. The number of benzene rings is 1. The summed E-state index contributed by atoms with van der Waals surface area (Å²) in [4.78, 5) is 14.9. The third kappa shape index (κ3) is 1.53. The number of amides is 1. The van der Waals surface area contributed by atoms with Crippen molar-refractivity contribution < 1.29 is 9.53 Å². The molecule has 2 heterocycles. The molecule has 20 heavy (non-hydrogen) atoms. The van der Waals surface area contributed by atoms with Gasteiger partial charge in [0, 0.05) is 11.5 Å². The summed E-state index contributed by atoms with van der Waals surface area (Å²) in [5.41, 5.74) is 1.01. The Morgan fingerprint density at radius 2 is 1.95 bits per heavy atom. The highest BCUT2D eigenvalue weighted by molar-refractivity contribution is 5.84. The Kier molecular flexibility index (Phi) is 2.68. The zero-order valence-corrected chi connectivity index (χ0v) is 11.9. The van der Waals surface area contributed by atoms with E-state index in [2.05, 4.69) is 24.0 Å². The number of rotatable bonds is 1. The number of hydrogen-bond donors (Lipinski definition) is 0. The normalized spacial score (nSPS) is 39.8. The van der Waals surface area contributed by atoms with Gasteiger partial charge in [0.15, 0.2) is 6.23 Å². The van der Waals surface area contributed by atoms with Gasteiger partial charge in [-0.2, -0.15) is 0 Å². The highest BCUT2D eigenvalue weighted by Crippen LogP contribution is 2.54. The lowest BCUT2D eigenvalue weighted by atomic mass is 9.73. The van der Waals surface area contributed by atoms with Crippen LogP contribution >= 0.6 is 0 Å². The smallest absolute Gasteiger partial charge is 0.228 e. The van der Waals surface area contributed by atoms with Crippen LogP contribution in [0.15, 0.2) is 30.3 Å². The molecule has 1 amide bonds. The highest BCUT2D eigenvalue weighted by Gasteiger charge is 2.61. The minimum atomic E-state index is -0.181. The van der Waals surface area contributed by atoms with Crippen LogP contribution < -0.4 is 0 Å². The second-order valence-electron chi connectivity index (χ2n) is 6.64. The van der Waals surface area contributed by atoms with Gasteiger partial charge in [0.1, 0.15) is 0 Å². The van der Waals surface area contributed by atoms with Gasteiger partial charge in [0.05, 0.1) is 12.1 Å². The number of carbonyl (C=O) groups is 1. The van der Waals surface area contributed by atoms with E-state index in [0.29, 0.717) is 18.4 Å². The van der Waals surface area contributed by atoms with E-state index in [-0.39, 0.29) is 17.7 Å². The maximum absolute atomic E-state index is 12.9. The molecule has 3 aliphatic rings. The molecule has 0 radical (unpaired) electrons. The molecule has 1 aliphatic carbocycles. The summed E-state index contributed by atoms with van der Waals surface area (Å²) in [5, 5.41) is 0. The van der Waals surface area contributed by atoms with E-state index in [4.69, 9.17) is 4.74 Å². The van der Waals surface area contributed by atoms with Crippen LogP contribution in [-0.4, -0.2) is 23.0 Å². The molecule has 3 fully saturated rings. The average molecular weight is 271 g/mol. The molecule has 0 spiro atoms. The summed E-state index contributed by atoms with van der Waals surface area (Å²) in [5.74, 6) is 1.05. The molecule has 2 saturated heterocycles. The monoisotopic (exact) mass is 271 g/mol. The van der Waals surface area contributed by atoms with Crippen molar-refractivity contribution >= 4 is 5.91 Å². The lowest BCUT2D eigenvalue weighted by Gasteiger charge is -2.35. The van der Waals surface area contributed by atoms with Gasteiger partial charge in [0.25, 0.3) is 0 Å². The zero-order valence-electron chi connectivity index (χ0n) is 11.9. The van der Waals surface area contributed by atoms with E-state index >= 15 is 0 Å². The van der Waals surface area contributed by atoms with E-state index in [1.165, 1.54) is 19.3 Å². The van der Waals surface area contributed by atoms with Crippen molar-refractivity contribution in [3.63, 3.8) is 0 Å². The Bertz CT molecular complexity index is 529. The van der Waals surface area contributed by atoms with E-state index in [0.717, 1.165) is 12.0 Å². The molecule has 0 aromatic heterocycles. The molecule has 2 aliphatic heterocycles. The molecule has 3 heteroatoms. The van der Waals surface area contributed by atoms with E-state index in [1.807, 2.05) is 18.2 Å². The Labute approximate surface area is 119 Å². The van der Waals surface area contributed by atoms with E-state index in [9.17, 15) is 4.79 Å². The molecule has 1 saturated carbocycles. The molecule has 4 atom stereocenters. The van der Waals surface area contributed by atoms with Crippen LogP contribution in [0.1, 0.15) is 44.4 Å². The predicted octanol–water partition coefficient (Wildman–Crippen LogP) is 3.12. The molecule has 1 aromatic rings. The first-order valence-corrected chi connectivity index (χ1v) is 7.71. The van der Waals surface area contributed by atoms with Crippen LogP contribution in [0.4, 0.5) is 0 Å². The summed E-state index contributed by atoms with van der Waals surface area (Å²) < 4.78 is 6.03. The molecule has 1 unspecified atom stereocenters. The number of hydrogen-bond acceptors (Lipinski definition) is 2. The quantitative estimate of drug-likeness (QED) is 0.785.